The Bertz CT molecular complexity index is 233. The Morgan fingerprint density at radius 3 is 2.82 bits per heavy atom. The molecule has 0 unspecified atom stereocenters. The van der Waals surface area contributed by atoms with E-state index in [2.05, 4.69) is 5.43 Å². The van der Waals surface area contributed by atoms with E-state index < -0.39 is 0 Å². The highest BCUT2D eigenvalue weighted by Gasteiger charge is 2.18. The van der Waals surface area contributed by atoms with Crippen LogP contribution in [0.1, 0.15) is 6.92 Å². The zero-order valence-corrected chi connectivity index (χ0v) is 6.55. The highest BCUT2D eigenvalue weighted by molar-refractivity contribution is 5.99. The van der Waals surface area contributed by atoms with Crippen molar-refractivity contribution in [2.75, 3.05) is 13.6 Å². The predicted molar refractivity (Wildman–Crippen MR) is 39.5 cm³/mol. The molecule has 1 rings (SSSR count). The van der Waals surface area contributed by atoms with Gasteiger partial charge in [0.25, 0.3) is 5.91 Å². The van der Waals surface area contributed by atoms with E-state index in [-0.39, 0.29) is 5.91 Å². The summed E-state index contributed by atoms with van der Waals surface area (Å²) in [5, 5.41) is 1.58. The molecule has 1 aliphatic heterocycles. The maximum Gasteiger partial charge on any atom is 0.261 e. The lowest BCUT2D eigenvalue weighted by Gasteiger charge is -2.23. The molecule has 0 aromatic heterocycles. The summed E-state index contributed by atoms with van der Waals surface area (Å²) < 4.78 is 0. The lowest BCUT2D eigenvalue weighted by molar-refractivity contribution is -0.123. The Labute approximate surface area is 64.8 Å². The molecule has 4 heteroatoms. The number of nitrogens with one attached hydrogen (secondary N) is 1. The number of hydrogen-bond donors (Lipinski definition) is 1. The summed E-state index contributed by atoms with van der Waals surface area (Å²) in [6, 6.07) is 0. The topological polar surface area (TPSA) is 49.4 Å². The molecule has 0 fully saturated rings. The van der Waals surface area contributed by atoms with E-state index in [0.29, 0.717) is 17.7 Å². The minimum absolute atomic E-state index is 0.194. The molecule has 1 heterocycles. The molecule has 0 spiro atoms. The van der Waals surface area contributed by atoms with E-state index in [1.54, 1.807) is 19.0 Å². The third-order valence-corrected chi connectivity index (χ3v) is 1.66. The number of hydrazine groups is 1. The van der Waals surface area contributed by atoms with Crippen LogP contribution in [0.5, 0.6) is 0 Å². The van der Waals surface area contributed by atoms with E-state index in [9.17, 15) is 9.59 Å². The number of nitrogens with zero attached hydrogens (tertiary/aromatic N) is 1. The van der Waals surface area contributed by atoms with Gasteiger partial charge in [0.15, 0.2) is 0 Å². The van der Waals surface area contributed by atoms with Crippen LogP contribution in [0.25, 0.3) is 0 Å². The van der Waals surface area contributed by atoms with E-state index >= 15 is 0 Å². The molecule has 0 aliphatic carbocycles. The van der Waals surface area contributed by atoms with Crippen molar-refractivity contribution in [3.05, 3.63) is 11.1 Å². The molecule has 60 valence electrons. The Hall–Kier alpha value is -1.16. The molecule has 0 bridgehead atoms. The van der Waals surface area contributed by atoms with Crippen LogP contribution >= 0.6 is 0 Å². The van der Waals surface area contributed by atoms with E-state index in [1.807, 2.05) is 0 Å². The summed E-state index contributed by atoms with van der Waals surface area (Å²) in [4.78, 5) is 21.4. The number of likely N-dealkylation sites (N-methyl/N-ethyl adjacent to an activating group) is 1. The van der Waals surface area contributed by atoms with Gasteiger partial charge in [-0.2, -0.15) is 0 Å². The number of hydrogen-bond acceptors (Lipinski definition) is 3. The first-order valence-corrected chi connectivity index (χ1v) is 3.32. The molecule has 1 aliphatic rings. The van der Waals surface area contributed by atoms with Crippen molar-refractivity contribution < 1.29 is 9.59 Å². The van der Waals surface area contributed by atoms with Gasteiger partial charge < -0.3 is 0 Å². The standard InChI is InChI=1S/C7H10N2O2/c1-5-6(4-10)3-9(2)8-7(5)11/h4H,3H2,1-2H3,(H,8,11). The molecule has 0 saturated carbocycles. The van der Waals surface area contributed by atoms with Crippen LogP contribution in [0.2, 0.25) is 0 Å². The van der Waals surface area contributed by atoms with Gasteiger partial charge in [-0.3, -0.25) is 15.0 Å². The van der Waals surface area contributed by atoms with E-state index in [4.69, 9.17) is 0 Å². The van der Waals surface area contributed by atoms with Gasteiger partial charge in [0.05, 0.1) is 0 Å². The normalized spacial score (nSPS) is 20.0. The largest absolute Gasteiger partial charge is 0.298 e. The van der Waals surface area contributed by atoms with Crippen molar-refractivity contribution in [3.8, 4) is 0 Å². The van der Waals surface area contributed by atoms with Crippen molar-refractivity contribution in [2.45, 2.75) is 6.92 Å². The first kappa shape index (κ1) is 7.94. The average molecular weight is 154 g/mol. The van der Waals surface area contributed by atoms with Gasteiger partial charge in [-0.05, 0) is 6.92 Å². The number of rotatable bonds is 1. The van der Waals surface area contributed by atoms with Gasteiger partial charge in [0, 0.05) is 24.7 Å². The molecular formula is C7H10N2O2. The van der Waals surface area contributed by atoms with Crippen LogP contribution in [0.15, 0.2) is 11.1 Å². The molecule has 0 aromatic carbocycles. The monoisotopic (exact) mass is 154 g/mol. The fraction of sp³-hybridized carbons (Fsp3) is 0.429. The molecule has 0 atom stereocenters. The molecular weight excluding hydrogens is 144 g/mol. The fourth-order valence-electron chi connectivity index (χ4n) is 0.942. The second-order valence-corrected chi connectivity index (χ2v) is 2.57. The van der Waals surface area contributed by atoms with Crippen LogP contribution in [-0.4, -0.2) is 30.8 Å². The SMILES string of the molecule is CC1=C(C=O)CN(C)NC1=O. The van der Waals surface area contributed by atoms with Gasteiger partial charge in [-0.25, -0.2) is 5.01 Å². The number of amides is 1. The second-order valence-electron chi connectivity index (χ2n) is 2.57. The minimum Gasteiger partial charge on any atom is -0.298 e. The molecule has 4 nitrogen and oxygen atoms in total. The first-order valence-electron chi connectivity index (χ1n) is 3.32. The Kier molecular flexibility index (Phi) is 2.05. The van der Waals surface area contributed by atoms with Gasteiger partial charge in [-0.1, -0.05) is 0 Å². The third kappa shape index (κ3) is 1.46. The predicted octanol–water partition coefficient (Wildman–Crippen LogP) is -0.522. The zero-order valence-electron chi connectivity index (χ0n) is 6.55. The van der Waals surface area contributed by atoms with Crippen LogP contribution in [-0.2, 0) is 9.59 Å². The van der Waals surface area contributed by atoms with Crippen molar-refractivity contribution in [1.29, 1.82) is 0 Å². The highest BCUT2D eigenvalue weighted by atomic mass is 16.2. The highest BCUT2D eigenvalue weighted by Crippen LogP contribution is 2.07. The fourth-order valence-corrected chi connectivity index (χ4v) is 0.942. The average Bonchev–Trinajstić information content (AvgIpc) is 1.96. The number of carbonyl (C=O) groups excluding carboxylic acids is 2. The Morgan fingerprint density at radius 1 is 1.64 bits per heavy atom. The summed E-state index contributed by atoms with van der Waals surface area (Å²) in [7, 11) is 1.72. The maximum atomic E-state index is 11.0. The lowest BCUT2D eigenvalue weighted by Crippen LogP contribution is -2.45. The molecule has 11 heavy (non-hydrogen) atoms. The number of carbonyl (C=O) groups is 2. The van der Waals surface area contributed by atoms with Gasteiger partial charge in [0.1, 0.15) is 6.29 Å². The van der Waals surface area contributed by atoms with Crippen LogP contribution in [0.3, 0.4) is 0 Å². The molecule has 0 radical (unpaired) electrons. The quantitative estimate of drug-likeness (QED) is 0.517. The first-order chi connectivity index (χ1) is 5.15. The van der Waals surface area contributed by atoms with Crippen LogP contribution in [0.4, 0.5) is 0 Å². The minimum atomic E-state index is -0.194. The van der Waals surface area contributed by atoms with Crippen LogP contribution in [0, 0.1) is 0 Å². The van der Waals surface area contributed by atoms with Gasteiger partial charge in [-0.15, -0.1) is 0 Å². The molecule has 1 amide bonds. The van der Waals surface area contributed by atoms with E-state index in [1.165, 1.54) is 0 Å². The molecule has 1 N–H and O–H groups in total. The van der Waals surface area contributed by atoms with Gasteiger partial charge >= 0.3 is 0 Å². The summed E-state index contributed by atoms with van der Waals surface area (Å²) >= 11 is 0. The van der Waals surface area contributed by atoms with E-state index in [0.717, 1.165) is 6.29 Å². The smallest absolute Gasteiger partial charge is 0.261 e. The second kappa shape index (κ2) is 2.84. The molecule has 0 aromatic rings. The summed E-state index contributed by atoms with van der Waals surface area (Å²) in [6.07, 6.45) is 0.727. The lowest BCUT2D eigenvalue weighted by atomic mass is 10.1. The summed E-state index contributed by atoms with van der Waals surface area (Å²) in [6.45, 7) is 2.13. The Morgan fingerprint density at radius 2 is 2.27 bits per heavy atom. The van der Waals surface area contributed by atoms with Crippen LogP contribution < -0.4 is 5.43 Å². The van der Waals surface area contributed by atoms with Crippen molar-refractivity contribution >= 4 is 12.2 Å². The van der Waals surface area contributed by atoms with Crippen molar-refractivity contribution in [1.82, 2.24) is 10.4 Å². The van der Waals surface area contributed by atoms with Crippen molar-refractivity contribution in [3.63, 3.8) is 0 Å². The van der Waals surface area contributed by atoms with Gasteiger partial charge in [0.2, 0.25) is 0 Å². The number of aldehydes is 1. The van der Waals surface area contributed by atoms with Crippen molar-refractivity contribution in [2.24, 2.45) is 0 Å². The Balaban J connectivity index is 2.94. The summed E-state index contributed by atoms with van der Waals surface area (Å²) in [5.41, 5.74) is 3.64. The molecule has 0 saturated heterocycles. The summed E-state index contributed by atoms with van der Waals surface area (Å²) in [5.74, 6) is -0.194. The maximum absolute atomic E-state index is 11.0. The third-order valence-electron chi connectivity index (χ3n) is 1.66. The zero-order chi connectivity index (χ0) is 8.43.